The van der Waals surface area contributed by atoms with E-state index < -0.39 is 10.0 Å². The van der Waals surface area contributed by atoms with E-state index in [1.54, 1.807) is 34.3 Å². The van der Waals surface area contributed by atoms with E-state index in [1.807, 2.05) is 36.4 Å². The predicted molar refractivity (Wildman–Crippen MR) is 93.3 cm³/mol. The number of ether oxygens (including phenoxy) is 1. The molecule has 0 unspecified atom stereocenters. The molecule has 0 aromatic heterocycles. The summed E-state index contributed by atoms with van der Waals surface area (Å²) in [4.78, 5) is 0.346. The van der Waals surface area contributed by atoms with Crippen molar-refractivity contribution in [3.05, 3.63) is 60.2 Å². The Morgan fingerprint density at radius 2 is 1.74 bits per heavy atom. The molecule has 0 radical (unpaired) electrons. The molecule has 0 spiro atoms. The molecular formula is C17H19NO3S2. The molecule has 2 aromatic carbocycles. The van der Waals surface area contributed by atoms with Crippen molar-refractivity contribution < 1.29 is 13.2 Å². The molecule has 0 saturated carbocycles. The van der Waals surface area contributed by atoms with Crippen LogP contribution in [0.2, 0.25) is 0 Å². The Balaban J connectivity index is 1.74. The van der Waals surface area contributed by atoms with Gasteiger partial charge in [0.25, 0.3) is 0 Å². The molecule has 122 valence electrons. The van der Waals surface area contributed by atoms with Crippen LogP contribution in [0.25, 0.3) is 0 Å². The van der Waals surface area contributed by atoms with Gasteiger partial charge in [-0.2, -0.15) is 16.1 Å². The van der Waals surface area contributed by atoms with E-state index >= 15 is 0 Å². The molecule has 0 amide bonds. The third-order valence-electron chi connectivity index (χ3n) is 3.65. The van der Waals surface area contributed by atoms with Gasteiger partial charge in [-0.05, 0) is 29.8 Å². The normalized spacial score (nSPS) is 16.2. The molecule has 1 saturated heterocycles. The van der Waals surface area contributed by atoms with Crippen LogP contribution in [0.5, 0.6) is 5.75 Å². The van der Waals surface area contributed by atoms with Crippen molar-refractivity contribution in [2.24, 2.45) is 0 Å². The number of nitrogens with zero attached hydrogens (tertiary/aromatic N) is 1. The van der Waals surface area contributed by atoms with E-state index in [9.17, 15) is 8.42 Å². The van der Waals surface area contributed by atoms with Gasteiger partial charge < -0.3 is 4.74 Å². The molecule has 0 bridgehead atoms. The summed E-state index contributed by atoms with van der Waals surface area (Å²) < 4.78 is 32.6. The maximum atomic E-state index is 12.7. The summed E-state index contributed by atoms with van der Waals surface area (Å²) in [6.07, 6.45) is 0. The van der Waals surface area contributed by atoms with Crippen molar-refractivity contribution in [2.45, 2.75) is 11.5 Å². The first-order valence-electron chi connectivity index (χ1n) is 7.51. The minimum Gasteiger partial charge on any atom is -0.489 e. The van der Waals surface area contributed by atoms with Gasteiger partial charge in [0.1, 0.15) is 12.4 Å². The lowest BCUT2D eigenvalue weighted by atomic mass is 10.2. The molecule has 1 heterocycles. The summed E-state index contributed by atoms with van der Waals surface area (Å²) >= 11 is 1.79. The summed E-state index contributed by atoms with van der Waals surface area (Å²) in [6, 6.07) is 16.5. The van der Waals surface area contributed by atoms with Crippen LogP contribution in [0.3, 0.4) is 0 Å². The average molecular weight is 349 g/mol. The highest BCUT2D eigenvalue weighted by Gasteiger charge is 2.26. The number of hydrogen-bond acceptors (Lipinski definition) is 4. The van der Waals surface area contributed by atoms with E-state index in [1.165, 1.54) is 0 Å². The molecule has 6 heteroatoms. The fourth-order valence-corrected chi connectivity index (χ4v) is 5.06. The first-order chi connectivity index (χ1) is 11.2. The van der Waals surface area contributed by atoms with Crippen LogP contribution in [-0.4, -0.2) is 37.3 Å². The number of benzene rings is 2. The van der Waals surface area contributed by atoms with Crippen LogP contribution in [0.15, 0.2) is 59.5 Å². The largest absolute Gasteiger partial charge is 0.489 e. The highest BCUT2D eigenvalue weighted by atomic mass is 32.2. The Kier molecular flexibility index (Phi) is 5.25. The van der Waals surface area contributed by atoms with Crippen LogP contribution < -0.4 is 4.74 Å². The summed E-state index contributed by atoms with van der Waals surface area (Å²) in [5, 5.41) is 0. The van der Waals surface area contributed by atoms with Crippen molar-refractivity contribution >= 4 is 21.8 Å². The zero-order valence-electron chi connectivity index (χ0n) is 12.7. The maximum Gasteiger partial charge on any atom is 0.243 e. The topological polar surface area (TPSA) is 46.6 Å². The summed E-state index contributed by atoms with van der Waals surface area (Å²) in [5.41, 5.74) is 0.848. The predicted octanol–water partition coefficient (Wildman–Crippen LogP) is 3.00. The zero-order valence-corrected chi connectivity index (χ0v) is 14.4. The average Bonchev–Trinajstić information content (AvgIpc) is 2.62. The Bertz CT molecular complexity index is 741. The summed E-state index contributed by atoms with van der Waals surface area (Å²) in [6.45, 7) is 1.51. The van der Waals surface area contributed by atoms with Gasteiger partial charge in [0.15, 0.2) is 0 Å². The van der Waals surface area contributed by atoms with Crippen LogP contribution >= 0.6 is 11.8 Å². The van der Waals surface area contributed by atoms with Crippen LogP contribution in [0, 0.1) is 0 Å². The van der Waals surface area contributed by atoms with Gasteiger partial charge >= 0.3 is 0 Å². The third kappa shape index (κ3) is 4.07. The number of rotatable bonds is 5. The van der Waals surface area contributed by atoms with Crippen molar-refractivity contribution in [1.82, 2.24) is 4.31 Å². The van der Waals surface area contributed by atoms with Gasteiger partial charge in [-0.15, -0.1) is 0 Å². The smallest absolute Gasteiger partial charge is 0.243 e. The Hall–Kier alpha value is -1.50. The monoisotopic (exact) mass is 349 g/mol. The maximum absolute atomic E-state index is 12.7. The minimum absolute atomic E-state index is 0.346. The highest BCUT2D eigenvalue weighted by molar-refractivity contribution is 7.99. The molecule has 23 heavy (non-hydrogen) atoms. The second-order valence-corrected chi connectivity index (χ2v) is 8.43. The summed E-state index contributed by atoms with van der Waals surface area (Å²) in [7, 11) is -3.40. The molecule has 1 aliphatic rings. The van der Waals surface area contributed by atoms with Gasteiger partial charge in [0, 0.05) is 24.6 Å². The van der Waals surface area contributed by atoms with Gasteiger partial charge in [-0.25, -0.2) is 8.42 Å². The van der Waals surface area contributed by atoms with Crippen LogP contribution in [-0.2, 0) is 16.6 Å². The summed E-state index contributed by atoms with van der Waals surface area (Å²) in [5.74, 6) is 2.49. The van der Waals surface area contributed by atoms with E-state index in [-0.39, 0.29) is 0 Å². The first-order valence-corrected chi connectivity index (χ1v) is 10.1. The van der Waals surface area contributed by atoms with Crippen molar-refractivity contribution in [1.29, 1.82) is 0 Å². The Morgan fingerprint density at radius 3 is 2.48 bits per heavy atom. The number of thioether (sulfide) groups is 1. The van der Waals surface area contributed by atoms with Crippen LogP contribution in [0.4, 0.5) is 0 Å². The first kappa shape index (κ1) is 16.4. The van der Waals surface area contributed by atoms with Gasteiger partial charge in [-0.1, -0.05) is 30.3 Å². The second kappa shape index (κ2) is 7.38. The lowest BCUT2D eigenvalue weighted by Crippen LogP contribution is -2.37. The number of sulfonamides is 1. The molecular weight excluding hydrogens is 330 g/mol. The van der Waals surface area contributed by atoms with Crippen molar-refractivity contribution in [3.63, 3.8) is 0 Å². The molecule has 0 aliphatic carbocycles. The molecule has 0 N–H and O–H groups in total. The van der Waals surface area contributed by atoms with Gasteiger partial charge in [-0.3, -0.25) is 0 Å². The van der Waals surface area contributed by atoms with Crippen LogP contribution in [0.1, 0.15) is 5.56 Å². The van der Waals surface area contributed by atoms with E-state index in [4.69, 9.17) is 4.74 Å². The highest BCUT2D eigenvalue weighted by Crippen LogP contribution is 2.21. The standard InChI is InChI=1S/C17H19NO3S2/c19-23(20,18-9-11-22-12-10-18)17-8-4-5-15(13-17)14-21-16-6-2-1-3-7-16/h1-8,13H,9-12,14H2. The fraction of sp³-hybridized carbons (Fsp3) is 0.294. The zero-order chi connectivity index (χ0) is 16.1. The molecule has 1 aliphatic heterocycles. The van der Waals surface area contributed by atoms with Gasteiger partial charge in [0.05, 0.1) is 4.90 Å². The van der Waals surface area contributed by atoms with Crippen molar-refractivity contribution in [3.8, 4) is 5.75 Å². The molecule has 2 aromatic rings. The van der Waals surface area contributed by atoms with Crippen molar-refractivity contribution in [2.75, 3.05) is 24.6 Å². The van der Waals surface area contributed by atoms with E-state index in [0.29, 0.717) is 24.6 Å². The Labute approximate surface area is 141 Å². The molecule has 0 atom stereocenters. The van der Waals surface area contributed by atoms with Gasteiger partial charge in [0.2, 0.25) is 10.0 Å². The minimum atomic E-state index is -3.40. The molecule has 1 fully saturated rings. The molecule has 4 nitrogen and oxygen atoms in total. The molecule has 3 rings (SSSR count). The second-order valence-electron chi connectivity index (χ2n) is 5.27. The number of hydrogen-bond donors (Lipinski definition) is 0. The third-order valence-corrected chi connectivity index (χ3v) is 6.49. The fourth-order valence-electron chi connectivity index (χ4n) is 2.42. The lowest BCUT2D eigenvalue weighted by Gasteiger charge is -2.25. The van der Waals surface area contributed by atoms with E-state index in [0.717, 1.165) is 22.8 Å². The van der Waals surface area contributed by atoms with E-state index in [2.05, 4.69) is 0 Å². The SMILES string of the molecule is O=S(=O)(c1cccc(COc2ccccc2)c1)N1CCSCC1. The quantitative estimate of drug-likeness (QED) is 0.832. The lowest BCUT2D eigenvalue weighted by molar-refractivity contribution is 0.306. The number of para-hydroxylation sites is 1. The Morgan fingerprint density at radius 1 is 1.00 bits per heavy atom.